The summed E-state index contributed by atoms with van der Waals surface area (Å²) in [7, 11) is 1.71. The van der Waals surface area contributed by atoms with Crippen molar-refractivity contribution in [3.8, 4) is 0 Å². The number of aromatic amines is 1. The number of H-pyrrole nitrogens is 1. The Bertz CT molecular complexity index is 328. The second-order valence-corrected chi connectivity index (χ2v) is 3.06. The van der Waals surface area contributed by atoms with Crippen molar-refractivity contribution in [3.63, 3.8) is 0 Å². The van der Waals surface area contributed by atoms with Crippen LogP contribution < -0.4 is 0 Å². The van der Waals surface area contributed by atoms with Crippen LogP contribution in [0.25, 0.3) is 0 Å². The molecule has 1 heterocycles. The number of aryl methyl sites for hydroxylation is 1. The van der Waals surface area contributed by atoms with Crippen molar-refractivity contribution >= 4 is 12.2 Å². The van der Waals surface area contributed by atoms with Crippen LogP contribution in [0.3, 0.4) is 0 Å². The zero-order valence-corrected chi connectivity index (χ0v) is 9.71. The molecule has 1 aromatic rings. The Labute approximate surface area is 87.9 Å². The minimum absolute atomic E-state index is 0.254. The van der Waals surface area contributed by atoms with E-state index in [1.807, 2.05) is 13.8 Å². The average Bonchev–Trinajstić information content (AvgIpc) is 2.36. The third kappa shape index (κ3) is 3.21. The van der Waals surface area contributed by atoms with Crippen molar-refractivity contribution in [1.82, 2.24) is 9.78 Å². The number of nitrogens with zero attached hydrogens (tertiary/aromatic N) is 1. The summed E-state index contributed by atoms with van der Waals surface area (Å²) in [6, 6.07) is 0. The summed E-state index contributed by atoms with van der Waals surface area (Å²) in [6.07, 6.45) is -2.58. The molecule has 1 aromatic heterocycles. The number of hydrogen-bond donors (Lipinski definition) is 1. The maximum absolute atomic E-state index is 12.0. The minimum atomic E-state index is -2.32. The lowest BCUT2D eigenvalue weighted by Crippen LogP contribution is -1.99. The topological polar surface area (TPSA) is 20.7 Å². The Hall–Kier alpha value is -0.710. The number of halogens is 2. The van der Waals surface area contributed by atoms with E-state index in [4.69, 9.17) is 12.2 Å². The predicted octanol–water partition coefficient (Wildman–Crippen LogP) is 3.22. The van der Waals surface area contributed by atoms with Gasteiger partial charge in [-0.25, -0.2) is 8.78 Å². The molecule has 0 radical (unpaired) electrons. The molecule has 0 spiro atoms. The van der Waals surface area contributed by atoms with Gasteiger partial charge in [-0.1, -0.05) is 26.1 Å². The minimum Gasteiger partial charge on any atom is -0.301 e. The van der Waals surface area contributed by atoms with Gasteiger partial charge in [0.05, 0.1) is 6.42 Å². The summed E-state index contributed by atoms with van der Waals surface area (Å²) in [5.74, 6) is 0. The molecule has 1 N–H and O–H groups in total. The fraction of sp³-hybridized carbons (Fsp3) is 0.667. The summed E-state index contributed by atoms with van der Waals surface area (Å²) in [6.45, 7) is 5.75. The van der Waals surface area contributed by atoms with E-state index in [9.17, 15) is 8.78 Å². The van der Waals surface area contributed by atoms with Crippen LogP contribution in [-0.4, -0.2) is 16.2 Å². The zero-order valence-electron chi connectivity index (χ0n) is 8.90. The molecule has 0 atom stereocenters. The van der Waals surface area contributed by atoms with Gasteiger partial charge in [-0.05, 0) is 6.92 Å². The number of rotatable bonds is 2. The molecule has 0 aromatic carbocycles. The molecular formula is C9H16F2N2S. The lowest BCUT2D eigenvalue weighted by atomic mass is 10.2. The molecule has 14 heavy (non-hydrogen) atoms. The molecule has 0 aliphatic heterocycles. The number of hydrogen-bond acceptors (Lipinski definition) is 1. The number of alkyl halides is 2. The van der Waals surface area contributed by atoms with E-state index in [0.29, 0.717) is 10.3 Å². The number of nitrogens with one attached hydrogen (secondary N) is 1. The van der Waals surface area contributed by atoms with Crippen LogP contribution in [-0.2, 0) is 13.5 Å². The molecular weight excluding hydrogens is 206 g/mol. The Morgan fingerprint density at radius 3 is 2.21 bits per heavy atom. The second kappa shape index (κ2) is 5.90. The molecule has 82 valence electrons. The molecule has 1 rings (SSSR count). The van der Waals surface area contributed by atoms with Crippen LogP contribution in [0.15, 0.2) is 0 Å². The molecule has 0 unspecified atom stereocenters. The summed E-state index contributed by atoms with van der Waals surface area (Å²) in [5.41, 5.74) is 1.27. The van der Waals surface area contributed by atoms with Gasteiger partial charge in [-0.15, -0.1) is 0 Å². The normalized spacial score (nSPS) is 9.93. The predicted molar refractivity (Wildman–Crippen MR) is 56.4 cm³/mol. The highest BCUT2D eigenvalue weighted by molar-refractivity contribution is 7.71. The Morgan fingerprint density at radius 1 is 1.43 bits per heavy atom. The van der Waals surface area contributed by atoms with Gasteiger partial charge in [0.15, 0.2) is 0 Å². The average molecular weight is 222 g/mol. The SMILES string of the molecule is CC.Cc1c(CC(F)F)[nH]n(C)c1=S. The van der Waals surface area contributed by atoms with Gasteiger partial charge in [0.1, 0.15) is 4.64 Å². The Kier molecular flexibility index (Phi) is 5.60. The maximum Gasteiger partial charge on any atom is 0.244 e. The van der Waals surface area contributed by atoms with Crippen LogP contribution in [0.4, 0.5) is 8.78 Å². The summed E-state index contributed by atoms with van der Waals surface area (Å²) >= 11 is 4.95. The van der Waals surface area contributed by atoms with E-state index in [0.717, 1.165) is 5.56 Å². The van der Waals surface area contributed by atoms with E-state index in [-0.39, 0.29) is 6.42 Å². The Balaban J connectivity index is 0.000000791. The quantitative estimate of drug-likeness (QED) is 0.762. The van der Waals surface area contributed by atoms with Crippen molar-refractivity contribution in [3.05, 3.63) is 15.9 Å². The Morgan fingerprint density at radius 2 is 1.93 bits per heavy atom. The van der Waals surface area contributed by atoms with Gasteiger partial charge in [-0.2, -0.15) is 0 Å². The van der Waals surface area contributed by atoms with Crippen molar-refractivity contribution in [2.45, 2.75) is 33.6 Å². The van der Waals surface area contributed by atoms with Crippen LogP contribution in [0.2, 0.25) is 0 Å². The van der Waals surface area contributed by atoms with Gasteiger partial charge in [0.2, 0.25) is 6.43 Å². The van der Waals surface area contributed by atoms with Gasteiger partial charge in [-0.3, -0.25) is 4.68 Å². The largest absolute Gasteiger partial charge is 0.301 e. The van der Waals surface area contributed by atoms with Crippen molar-refractivity contribution in [1.29, 1.82) is 0 Å². The van der Waals surface area contributed by atoms with Crippen LogP contribution in [0, 0.1) is 11.6 Å². The third-order valence-electron chi connectivity index (χ3n) is 1.74. The fourth-order valence-electron chi connectivity index (χ4n) is 1.07. The lowest BCUT2D eigenvalue weighted by Gasteiger charge is -1.96. The zero-order chi connectivity index (χ0) is 11.3. The molecule has 0 saturated heterocycles. The first-order valence-electron chi connectivity index (χ1n) is 4.55. The third-order valence-corrected chi connectivity index (χ3v) is 2.32. The van der Waals surface area contributed by atoms with E-state index in [1.54, 1.807) is 18.7 Å². The van der Waals surface area contributed by atoms with Gasteiger partial charge < -0.3 is 5.10 Å². The molecule has 0 fully saturated rings. The smallest absolute Gasteiger partial charge is 0.244 e. The first kappa shape index (κ1) is 13.3. The van der Waals surface area contributed by atoms with Crippen LogP contribution in [0.1, 0.15) is 25.1 Å². The van der Waals surface area contributed by atoms with Crippen molar-refractivity contribution < 1.29 is 8.78 Å². The molecule has 5 heteroatoms. The molecule has 0 bridgehead atoms. The summed E-state index contributed by atoms with van der Waals surface area (Å²) < 4.78 is 26.1. The molecule has 0 amide bonds. The number of aromatic nitrogens is 2. The monoisotopic (exact) mass is 222 g/mol. The molecule has 2 nitrogen and oxygen atoms in total. The molecule has 0 saturated carbocycles. The van der Waals surface area contributed by atoms with E-state index in [1.165, 1.54) is 0 Å². The lowest BCUT2D eigenvalue weighted by molar-refractivity contribution is 0.147. The second-order valence-electron chi connectivity index (χ2n) is 2.67. The summed E-state index contributed by atoms with van der Waals surface area (Å²) in [5, 5.41) is 2.78. The molecule has 0 aliphatic rings. The standard InChI is InChI=1S/C7H10F2N2S.C2H6/c1-4-5(3-6(8)9)10-11(2)7(4)12;1-2/h6,10H,3H2,1-2H3;1-2H3. The first-order chi connectivity index (χ1) is 6.52. The van der Waals surface area contributed by atoms with Gasteiger partial charge in [0.25, 0.3) is 0 Å². The van der Waals surface area contributed by atoms with Gasteiger partial charge in [0, 0.05) is 18.3 Å². The highest BCUT2D eigenvalue weighted by atomic mass is 32.1. The van der Waals surface area contributed by atoms with Crippen molar-refractivity contribution in [2.24, 2.45) is 7.05 Å². The fourth-order valence-corrected chi connectivity index (χ4v) is 1.24. The van der Waals surface area contributed by atoms with E-state index in [2.05, 4.69) is 5.10 Å². The highest BCUT2D eigenvalue weighted by Gasteiger charge is 2.10. The van der Waals surface area contributed by atoms with Crippen LogP contribution >= 0.6 is 12.2 Å². The summed E-state index contributed by atoms with van der Waals surface area (Å²) in [4.78, 5) is 0. The highest BCUT2D eigenvalue weighted by Crippen LogP contribution is 2.11. The maximum atomic E-state index is 12.0. The van der Waals surface area contributed by atoms with E-state index >= 15 is 0 Å². The van der Waals surface area contributed by atoms with Gasteiger partial charge >= 0.3 is 0 Å². The molecule has 0 aliphatic carbocycles. The van der Waals surface area contributed by atoms with Crippen LogP contribution in [0.5, 0.6) is 0 Å². The van der Waals surface area contributed by atoms with Crippen molar-refractivity contribution in [2.75, 3.05) is 0 Å². The first-order valence-corrected chi connectivity index (χ1v) is 4.96. The van der Waals surface area contributed by atoms with E-state index < -0.39 is 6.43 Å².